The van der Waals surface area contributed by atoms with Gasteiger partial charge in [0.05, 0.1) is 17.9 Å². The van der Waals surface area contributed by atoms with E-state index in [0.717, 1.165) is 3.70 Å². The molecule has 1 N–H and O–H groups in total. The highest BCUT2D eigenvalue weighted by atomic mass is 127. The van der Waals surface area contributed by atoms with Crippen molar-refractivity contribution in [2.24, 2.45) is 7.05 Å². The molecule has 0 saturated heterocycles. The normalized spacial score (nSPS) is 10.6. The van der Waals surface area contributed by atoms with Gasteiger partial charge in [-0.1, -0.05) is 0 Å². The Balaban J connectivity index is 2.66. The average molecular weight is 309 g/mol. The van der Waals surface area contributed by atoms with Crippen LogP contribution >= 0.6 is 22.6 Å². The highest BCUT2D eigenvalue weighted by Crippen LogP contribution is 2.09. The Morgan fingerprint density at radius 1 is 1.71 bits per heavy atom. The van der Waals surface area contributed by atoms with E-state index in [2.05, 4.69) is 33.2 Å². The second-order valence-corrected chi connectivity index (χ2v) is 4.09. The van der Waals surface area contributed by atoms with E-state index in [-0.39, 0.29) is 12.0 Å². The van der Waals surface area contributed by atoms with Gasteiger partial charge in [0.1, 0.15) is 3.70 Å². The highest BCUT2D eigenvalue weighted by Gasteiger charge is 2.13. The maximum Gasteiger partial charge on any atom is 0.279 e. The predicted octanol–water partition coefficient (Wildman–Crippen LogP) is 1.09. The van der Waals surface area contributed by atoms with Crippen molar-refractivity contribution < 1.29 is 9.63 Å². The van der Waals surface area contributed by atoms with Gasteiger partial charge >= 0.3 is 0 Å². The van der Waals surface area contributed by atoms with Gasteiger partial charge in [-0.25, -0.2) is 5.48 Å². The minimum absolute atomic E-state index is 0.0340. The van der Waals surface area contributed by atoms with Gasteiger partial charge in [0.15, 0.2) is 0 Å². The first-order chi connectivity index (χ1) is 6.52. The average Bonchev–Trinajstić information content (AvgIpc) is 2.44. The summed E-state index contributed by atoms with van der Waals surface area (Å²) in [6.45, 7) is 3.68. The smallest absolute Gasteiger partial charge is 0.271 e. The van der Waals surface area contributed by atoms with Gasteiger partial charge < -0.3 is 0 Å². The number of rotatable bonds is 3. The number of hydrogen-bond donors (Lipinski definition) is 1. The zero-order chi connectivity index (χ0) is 10.7. The first-order valence-corrected chi connectivity index (χ1v) is 5.23. The molecular formula is C8H12IN3O2. The number of halogens is 1. The van der Waals surface area contributed by atoms with E-state index in [1.54, 1.807) is 11.7 Å². The van der Waals surface area contributed by atoms with Gasteiger partial charge in [0.2, 0.25) is 0 Å². The van der Waals surface area contributed by atoms with Gasteiger partial charge in [-0.05, 0) is 36.4 Å². The Hall–Kier alpha value is -0.630. The van der Waals surface area contributed by atoms with Gasteiger partial charge in [-0.2, -0.15) is 5.10 Å². The Morgan fingerprint density at radius 3 is 2.79 bits per heavy atom. The van der Waals surface area contributed by atoms with E-state index in [0.29, 0.717) is 5.56 Å². The maximum absolute atomic E-state index is 11.5. The van der Waals surface area contributed by atoms with Gasteiger partial charge in [0, 0.05) is 7.05 Å². The van der Waals surface area contributed by atoms with Crippen LogP contribution < -0.4 is 5.48 Å². The summed E-state index contributed by atoms with van der Waals surface area (Å²) in [6, 6.07) is 0. The molecule has 0 aliphatic rings. The molecule has 0 aromatic carbocycles. The molecule has 1 aromatic rings. The number of aryl methyl sites for hydroxylation is 1. The van der Waals surface area contributed by atoms with E-state index in [4.69, 9.17) is 4.84 Å². The van der Waals surface area contributed by atoms with Crippen molar-refractivity contribution in [2.45, 2.75) is 20.0 Å². The molecule has 78 valence electrons. The second kappa shape index (κ2) is 4.74. The zero-order valence-electron chi connectivity index (χ0n) is 8.24. The van der Waals surface area contributed by atoms with Gasteiger partial charge in [-0.3, -0.25) is 14.3 Å². The summed E-state index contributed by atoms with van der Waals surface area (Å²) in [4.78, 5) is 16.5. The third-order valence-electron chi connectivity index (χ3n) is 1.50. The number of carbonyl (C=O) groups excluding carboxylic acids is 1. The highest BCUT2D eigenvalue weighted by molar-refractivity contribution is 14.1. The third kappa shape index (κ3) is 2.68. The summed E-state index contributed by atoms with van der Waals surface area (Å²) < 4.78 is 2.41. The SMILES string of the molecule is CC(C)ONC(=O)c1cnn(C)c1I. The molecule has 0 unspecified atom stereocenters. The second-order valence-electron chi connectivity index (χ2n) is 3.07. The molecule has 1 heterocycles. The number of carbonyl (C=O) groups is 1. The number of nitrogens with one attached hydrogen (secondary N) is 1. The summed E-state index contributed by atoms with van der Waals surface area (Å²) in [5.41, 5.74) is 2.88. The fourth-order valence-corrected chi connectivity index (χ4v) is 1.31. The molecule has 5 nitrogen and oxygen atoms in total. The van der Waals surface area contributed by atoms with Crippen molar-refractivity contribution in [1.82, 2.24) is 15.3 Å². The summed E-state index contributed by atoms with van der Waals surface area (Å²) >= 11 is 2.06. The van der Waals surface area contributed by atoms with Crippen LogP contribution in [-0.4, -0.2) is 21.8 Å². The van der Waals surface area contributed by atoms with Crippen LogP contribution in [0.1, 0.15) is 24.2 Å². The van der Waals surface area contributed by atoms with Crippen LogP contribution in [0, 0.1) is 3.70 Å². The first-order valence-electron chi connectivity index (χ1n) is 4.16. The summed E-state index contributed by atoms with van der Waals surface area (Å²) in [5.74, 6) is -0.267. The predicted molar refractivity (Wildman–Crippen MR) is 59.6 cm³/mol. The van der Waals surface area contributed by atoms with E-state index in [9.17, 15) is 4.79 Å². The fourth-order valence-electron chi connectivity index (χ4n) is 0.801. The summed E-state index contributed by atoms with van der Waals surface area (Å²) in [5, 5.41) is 3.96. The lowest BCUT2D eigenvalue weighted by molar-refractivity contribution is 0.000121. The molecule has 1 amide bonds. The molecule has 1 aromatic heterocycles. The number of nitrogens with zero attached hydrogens (tertiary/aromatic N) is 2. The van der Waals surface area contributed by atoms with Gasteiger partial charge in [0.25, 0.3) is 5.91 Å². The molecule has 14 heavy (non-hydrogen) atoms. The standard InChI is InChI=1S/C8H12IN3O2/c1-5(2)14-11-8(13)6-4-10-12(3)7(6)9/h4-5H,1-3H3,(H,11,13). The molecule has 1 rings (SSSR count). The molecule has 0 aliphatic carbocycles. The maximum atomic E-state index is 11.5. The van der Waals surface area contributed by atoms with Crippen LogP contribution in [0.5, 0.6) is 0 Å². The number of amides is 1. The summed E-state index contributed by atoms with van der Waals surface area (Å²) in [6.07, 6.45) is 1.48. The molecule has 0 atom stereocenters. The molecule has 0 fully saturated rings. The van der Waals surface area contributed by atoms with Crippen LogP contribution in [0.4, 0.5) is 0 Å². The Bertz CT molecular complexity index is 335. The lowest BCUT2D eigenvalue weighted by Gasteiger charge is -2.07. The van der Waals surface area contributed by atoms with E-state index >= 15 is 0 Å². The molecule has 6 heteroatoms. The van der Waals surface area contributed by atoms with E-state index in [1.807, 2.05) is 13.8 Å². The van der Waals surface area contributed by atoms with Crippen LogP contribution in [0.3, 0.4) is 0 Å². The lowest BCUT2D eigenvalue weighted by Crippen LogP contribution is -2.27. The number of aromatic nitrogens is 2. The third-order valence-corrected chi connectivity index (χ3v) is 2.78. The fraction of sp³-hybridized carbons (Fsp3) is 0.500. The summed E-state index contributed by atoms with van der Waals surface area (Å²) in [7, 11) is 1.78. The molecule has 0 aliphatic heterocycles. The largest absolute Gasteiger partial charge is 0.279 e. The monoisotopic (exact) mass is 309 g/mol. The zero-order valence-corrected chi connectivity index (χ0v) is 10.4. The van der Waals surface area contributed by atoms with E-state index < -0.39 is 0 Å². The van der Waals surface area contributed by atoms with Gasteiger partial charge in [-0.15, -0.1) is 0 Å². The minimum Gasteiger partial charge on any atom is -0.271 e. The van der Waals surface area contributed by atoms with Crippen molar-refractivity contribution in [3.8, 4) is 0 Å². The Morgan fingerprint density at radius 2 is 2.36 bits per heavy atom. The molecule has 0 saturated carbocycles. The van der Waals surface area contributed by atoms with Crippen molar-refractivity contribution in [3.05, 3.63) is 15.5 Å². The van der Waals surface area contributed by atoms with Crippen molar-refractivity contribution in [3.63, 3.8) is 0 Å². The Kier molecular flexibility index (Phi) is 3.87. The van der Waals surface area contributed by atoms with E-state index in [1.165, 1.54) is 6.20 Å². The van der Waals surface area contributed by atoms with Crippen molar-refractivity contribution >= 4 is 28.5 Å². The minimum atomic E-state index is -0.267. The van der Waals surface area contributed by atoms with Crippen molar-refractivity contribution in [2.75, 3.05) is 0 Å². The van der Waals surface area contributed by atoms with Crippen LogP contribution in [0.25, 0.3) is 0 Å². The topological polar surface area (TPSA) is 56.1 Å². The van der Waals surface area contributed by atoms with Crippen LogP contribution in [0.2, 0.25) is 0 Å². The first kappa shape index (κ1) is 11.4. The quantitative estimate of drug-likeness (QED) is 0.672. The Labute approximate surface area is 95.9 Å². The van der Waals surface area contributed by atoms with Crippen molar-refractivity contribution in [1.29, 1.82) is 0 Å². The lowest BCUT2D eigenvalue weighted by atomic mass is 10.3. The number of hydrogen-bond acceptors (Lipinski definition) is 3. The number of hydroxylamine groups is 1. The molecule has 0 radical (unpaired) electrons. The molecular weight excluding hydrogens is 297 g/mol. The molecule has 0 spiro atoms. The van der Waals surface area contributed by atoms with Crippen LogP contribution in [-0.2, 0) is 11.9 Å². The molecule has 0 bridgehead atoms. The van der Waals surface area contributed by atoms with Crippen LogP contribution in [0.15, 0.2) is 6.20 Å².